The number of hydrogen-bond donors (Lipinski definition) is 1. The number of amides is 1. The summed E-state index contributed by atoms with van der Waals surface area (Å²) in [6.45, 7) is 5.50. The van der Waals surface area contributed by atoms with Crippen molar-refractivity contribution in [3.63, 3.8) is 0 Å². The van der Waals surface area contributed by atoms with Gasteiger partial charge in [0.2, 0.25) is 5.91 Å². The van der Waals surface area contributed by atoms with Crippen molar-refractivity contribution in [2.45, 2.75) is 26.7 Å². The van der Waals surface area contributed by atoms with Crippen LogP contribution in [0.4, 0.5) is 15.9 Å². The van der Waals surface area contributed by atoms with Crippen molar-refractivity contribution in [2.24, 2.45) is 5.92 Å². The van der Waals surface area contributed by atoms with Crippen LogP contribution in [0.5, 0.6) is 0 Å². The highest BCUT2D eigenvalue weighted by Gasteiger charge is 2.27. The molecule has 154 valence electrons. The third-order valence-corrected chi connectivity index (χ3v) is 5.35. The van der Waals surface area contributed by atoms with Gasteiger partial charge in [-0.25, -0.2) is 14.4 Å². The third-order valence-electron chi connectivity index (χ3n) is 5.35. The third kappa shape index (κ3) is 4.64. The first-order chi connectivity index (χ1) is 14.5. The lowest BCUT2D eigenvalue weighted by Crippen LogP contribution is -2.41. The molecule has 1 aromatic heterocycles. The number of rotatable bonds is 4. The largest absolute Gasteiger partial charge is 0.356 e. The highest BCUT2D eigenvalue weighted by molar-refractivity contribution is 5.93. The number of halogens is 1. The number of hydrogen-bond acceptors (Lipinski definition) is 4. The molecule has 0 spiro atoms. The quantitative estimate of drug-likeness (QED) is 0.681. The predicted octanol–water partition coefficient (Wildman–Crippen LogP) is 4.75. The van der Waals surface area contributed by atoms with E-state index < -0.39 is 0 Å². The molecule has 1 aliphatic rings. The molecule has 1 amide bonds. The van der Waals surface area contributed by atoms with E-state index >= 15 is 0 Å². The Morgan fingerprint density at radius 2 is 1.83 bits per heavy atom. The zero-order chi connectivity index (χ0) is 21.1. The lowest BCUT2D eigenvalue weighted by Gasteiger charge is -2.33. The normalized spacial score (nSPS) is 16.4. The van der Waals surface area contributed by atoms with E-state index in [9.17, 15) is 9.18 Å². The fraction of sp³-hybridized carbons (Fsp3) is 0.292. The molecule has 1 saturated heterocycles. The number of aryl methyl sites for hydroxylation is 2. The van der Waals surface area contributed by atoms with Crippen LogP contribution in [-0.2, 0) is 4.79 Å². The molecule has 0 aliphatic carbocycles. The van der Waals surface area contributed by atoms with E-state index in [4.69, 9.17) is 0 Å². The Bertz CT molecular complexity index is 1030. The van der Waals surface area contributed by atoms with Crippen molar-refractivity contribution in [3.8, 4) is 11.4 Å². The lowest BCUT2D eigenvalue weighted by molar-refractivity contribution is -0.120. The van der Waals surface area contributed by atoms with Gasteiger partial charge in [0.25, 0.3) is 0 Å². The highest BCUT2D eigenvalue weighted by atomic mass is 19.1. The van der Waals surface area contributed by atoms with Gasteiger partial charge in [-0.15, -0.1) is 0 Å². The highest BCUT2D eigenvalue weighted by Crippen LogP contribution is 2.25. The van der Waals surface area contributed by atoms with Crippen LogP contribution in [0.3, 0.4) is 0 Å². The molecular formula is C24H25FN4O. The van der Waals surface area contributed by atoms with Crippen molar-refractivity contribution in [1.82, 2.24) is 9.97 Å². The lowest BCUT2D eigenvalue weighted by atomic mass is 9.97. The molecule has 1 aliphatic heterocycles. The standard InChI is InChI=1S/C24H25FN4O/c1-16-12-17(2)14-21(13-16)27-24(30)19-4-3-11-29(15-19)22-9-10-26-23(28-22)18-5-7-20(25)8-6-18/h5-10,12-14,19H,3-4,11,15H2,1-2H3,(H,27,30)/t19-/m1/s1. The maximum Gasteiger partial charge on any atom is 0.229 e. The van der Waals surface area contributed by atoms with Crippen molar-refractivity contribution < 1.29 is 9.18 Å². The Hall–Kier alpha value is -3.28. The molecule has 0 radical (unpaired) electrons. The van der Waals surface area contributed by atoms with E-state index in [1.54, 1.807) is 18.3 Å². The van der Waals surface area contributed by atoms with E-state index in [0.29, 0.717) is 12.4 Å². The van der Waals surface area contributed by atoms with Gasteiger partial charge in [-0.3, -0.25) is 4.79 Å². The van der Waals surface area contributed by atoms with Gasteiger partial charge in [0.05, 0.1) is 5.92 Å². The number of anilines is 2. The van der Waals surface area contributed by atoms with Crippen LogP contribution in [0, 0.1) is 25.6 Å². The average molecular weight is 404 g/mol. The molecule has 3 aromatic rings. The zero-order valence-corrected chi connectivity index (χ0v) is 17.2. The number of nitrogens with one attached hydrogen (secondary N) is 1. The van der Waals surface area contributed by atoms with Crippen molar-refractivity contribution in [2.75, 3.05) is 23.3 Å². The van der Waals surface area contributed by atoms with Crippen LogP contribution in [0.2, 0.25) is 0 Å². The number of nitrogens with zero attached hydrogens (tertiary/aromatic N) is 3. The number of carbonyl (C=O) groups is 1. The maximum atomic E-state index is 13.2. The van der Waals surface area contributed by atoms with E-state index in [1.807, 2.05) is 32.0 Å². The SMILES string of the molecule is Cc1cc(C)cc(NC(=O)[C@@H]2CCCN(c3ccnc(-c4ccc(F)cc4)n3)C2)c1. The summed E-state index contributed by atoms with van der Waals surface area (Å²) in [7, 11) is 0. The number of carbonyl (C=O) groups excluding carboxylic acids is 1. The summed E-state index contributed by atoms with van der Waals surface area (Å²) in [4.78, 5) is 24.0. The average Bonchev–Trinajstić information content (AvgIpc) is 2.74. The predicted molar refractivity (Wildman–Crippen MR) is 117 cm³/mol. The van der Waals surface area contributed by atoms with Crippen LogP contribution in [0.1, 0.15) is 24.0 Å². The minimum absolute atomic E-state index is 0.0394. The van der Waals surface area contributed by atoms with E-state index in [2.05, 4.69) is 26.3 Å². The van der Waals surface area contributed by atoms with Gasteiger partial charge in [0.15, 0.2) is 5.82 Å². The minimum Gasteiger partial charge on any atom is -0.356 e. The Kier molecular flexibility index (Phi) is 5.74. The van der Waals surface area contributed by atoms with Crippen molar-refractivity contribution in [3.05, 3.63) is 71.7 Å². The molecule has 2 aromatic carbocycles. The molecule has 2 heterocycles. The molecule has 0 bridgehead atoms. The summed E-state index contributed by atoms with van der Waals surface area (Å²) >= 11 is 0. The molecule has 4 rings (SSSR count). The Morgan fingerprint density at radius 3 is 2.57 bits per heavy atom. The molecule has 1 atom stereocenters. The van der Waals surface area contributed by atoms with Gasteiger partial charge >= 0.3 is 0 Å². The van der Waals surface area contributed by atoms with Crippen molar-refractivity contribution in [1.29, 1.82) is 0 Å². The molecule has 5 nitrogen and oxygen atoms in total. The monoisotopic (exact) mass is 404 g/mol. The second-order valence-electron chi connectivity index (χ2n) is 7.90. The van der Waals surface area contributed by atoms with Crippen LogP contribution < -0.4 is 10.2 Å². The van der Waals surface area contributed by atoms with Gasteiger partial charge in [0.1, 0.15) is 11.6 Å². The maximum absolute atomic E-state index is 13.2. The van der Waals surface area contributed by atoms with E-state index in [0.717, 1.165) is 47.6 Å². The number of benzene rings is 2. The molecular weight excluding hydrogens is 379 g/mol. The smallest absolute Gasteiger partial charge is 0.229 e. The molecule has 1 N–H and O–H groups in total. The Morgan fingerprint density at radius 1 is 1.10 bits per heavy atom. The molecule has 0 unspecified atom stereocenters. The Balaban J connectivity index is 1.48. The summed E-state index contributed by atoms with van der Waals surface area (Å²) in [5.41, 5.74) is 3.87. The van der Waals surface area contributed by atoms with Gasteiger partial charge in [-0.2, -0.15) is 0 Å². The number of aromatic nitrogens is 2. The first-order valence-corrected chi connectivity index (χ1v) is 10.2. The van der Waals surface area contributed by atoms with Gasteiger partial charge in [0, 0.05) is 30.5 Å². The first-order valence-electron chi connectivity index (χ1n) is 10.2. The number of piperidine rings is 1. The molecule has 30 heavy (non-hydrogen) atoms. The van der Waals surface area contributed by atoms with Gasteiger partial charge < -0.3 is 10.2 Å². The topological polar surface area (TPSA) is 58.1 Å². The van der Waals surface area contributed by atoms with Crippen LogP contribution in [0.15, 0.2) is 54.7 Å². The molecule has 0 saturated carbocycles. The minimum atomic E-state index is -0.288. The van der Waals surface area contributed by atoms with E-state index in [-0.39, 0.29) is 17.6 Å². The fourth-order valence-corrected chi connectivity index (χ4v) is 3.95. The Labute approximate surface area is 176 Å². The van der Waals surface area contributed by atoms with Crippen molar-refractivity contribution >= 4 is 17.4 Å². The summed E-state index contributed by atoms with van der Waals surface area (Å²) in [5.74, 6) is 0.979. The summed E-state index contributed by atoms with van der Waals surface area (Å²) in [6.07, 6.45) is 3.48. The summed E-state index contributed by atoms with van der Waals surface area (Å²) < 4.78 is 13.2. The van der Waals surface area contributed by atoms with Crippen LogP contribution >= 0.6 is 0 Å². The second-order valence-corrected chi connectivity index (χ2v) is 7.90. The first kappa shape index (κ1) is 20.0. The fourth-order valence-electron chi connectivity index (χ4n) is 3.95. The molecule has 1 fully saturated rings. The van der Waals surface area contributed by atoms with Crippen LogP contribution in [0.25, 0.3) is 11.4 Å². The molecule has 6 heteroatoms. The van der Waals surface area contributed by atoms with Crippen LogP contribution in [-0.4, -0.2) is 29.0 Å². The van der Waals surface area contributed by atoms with Gasteiger partial charge in [-0.1, -0.05) is 6.07 Å². The van der Waals surface area contributed by atoms with Gasteiger partial charge in [-0.05, 0) is 80.3 Å². The summed E-state index contributed by atoms with van der Waals surface area (Å²) in [6, 6.07) is 14.1. The zero-order valence-electron chi connectivity index (χ0n) is 17.2. The summed E-state index contributed by atoms with van der Waals surface area (Å²) in [5, 5.41) is 3.07. The second kappa shape index (κ2) is 8.61. The van der Waals surface area contributed by atoms with E-state index in [1.165, 1.54) is 12.1 Å².